The first-order valence-corrected chi connectivity index (χ1v) is 12.6. The van der Waals surface area contributed by atoms with Crippen molar-refractivity contribution in [3.8, 4) is 0 Å². The van der Waals surface area contributed by atoms with Crippen LogP contribution in [0.1, 0.15) is 24.5 Å². The lowest BCUT2D eigenvalue weighted by molar-refractivity contribution is 0.154. The van der Waals surface area contributed by atoms with Crippen LogP contribution >= 0.6 is 12.2 Å². The zero-order chi connectivity index (χ0) is 22.4. The minimum atomic E-state index is -3.45. The van der Waals surface area contributed by atoms with Crippen molar-refractivity contribution in [3.63, 3.8) is 0 Å². The highest BCUT2D eigenvalue weighted by Gasteiger charge is 2.19. The Bertz CT molecular complexity index is 991. The third kappa shape index (κ3) is 6.64. The predicted molar refractivity (Wildman–Crippen MR) is 129 cm³/mol. The number of hydrogen-bond acceptors (Lipinski definition) is 6. The Morgan fingerprint density at radius 3 is 2.45 bits per heavy atom. The van der Waals surface area contributed by atoms with Gasteiger partial charge in [0.2, 0.25) is 0 Å². The van der Waals surface area contributed by atoms with Crippen LogP contribution in [0.15, 0.2) is 53.4 Å². The van der Waals surface area contributed by atoms with Crippen LogP contribution in [0.5, 0.6) is 0 Å². The lowest BCUT2D eigenvalue weighted by Gasteiger charge is -2.36. The van der Waals surface area contributed by atoms with Gasteiger partial charge in [-0.2, -0.15) is 0 Å². The van der Waals surface area contributed by atoms with Crippen molar-refractivity contribution in [2.24, 2.45) is 5.73 Å². The molecule has 0 radical (unpaired) electrons. The third-order valence-electron chi connectivity index (χ3n) is 5.49. The van der Waals surface area contributed by atoms with E-state index in [2.05, 4.69) is 39.4 Å². The SMILES string of the molecule is CS(=O)(=O)c1ccc(C(O)CCCN2CCN(c3ccccc3)CC2)cc1NC(N)=S. The summed E-state index contributed by atoms with van der Waals surface area (Å²) in [6.45, 7) is 4.90. The van der Waals surface area contributed by atoms with Crippen LogP contribution in [0.2, 0.25) is 0 Å². The Balaban J connectivity index is 1.52. The number of anilines is 2. The van der Waals surface area contributed by atoms with Crippen molar-refractivity contribution in [2.75, 3.05) is 49.2 Å². The molecule has 1 heterocycles. The minimum absolute atomic E-state index is 0.0221. The molecule has 1 aliphatic heterocycles. The topological polar surface area (TPSA) is 98.9 Å². The van der Waals surface area contributed by atoms with Crippen LogP contribution in [-0.4, -0.2) is 62.5 Å². The second kappa shape index (κ2) is 10.4. The maximum atomic E-state index is 12.0. The minimum Gasteiger partial charge on any atom is -0.388 e. The lowest BCUT2D eigenvalue weighted by atomic mass is 10.0. The molecule has 0 aliphatic carbocycles. The van der Waals surface area contributed by atoms with E-state index in [1.54, 1.807) is 12.1 Å². The second-order valence-electron chi connectivity index (χ2n) is 7.84. The van der Waals surface area contributed by atoms with E-state index < -0.39 is 15.9 Å². The van der Waals surface area contributed by atoms with E-state index in [0.717, 1.165) is 45.4 Å². The summed E-state index contributed by atoms with van der Waals surface area (Å²) < 4.78 is 24.0. The molecule has 2 aromatic carbocycles. The monoisotopic (exact) mass is 462 g/mol. The molecule has 1 aliphatic rings. The molecule has 7 nitrogen and oxygen atoms in total. The van der Waals surface area contributed by atoms with Gasteiger partial charge in [-0.25, -0.2) is 8.42 Å². The number of sulfone groups is 1. The Labute approximate surface area is 189 Å². The summed E-state index contributed by atoms with van der Waals surface area (Å²) in [6.07, 6.45) is 1.87. The lowest BCUT2D eigenvalue weighted by Crippen LogP contribution is -2.46. The van der Waals surface area contributed by atoms with Crippen molar-refractivity contribution < 1.29 is 13.5 Å². The Morgan fingerprint density at radius 1 is 1.16 bits per heavy atom. The molecule has 4 N–H and O–H groups in total. The molecule has 9 heteroatoms. The smallest absolute Gasteiger partial charge is 0.177 e. The maximum Gasteiger partial charge on any atom is 0.177 e. The summed E-state index contributed by atoms with van der Waals surface area (Å²) in [6, 6.07) is 15.2. The molecule has 1 saturated heterocycles. The van der Waals surface area contributed by atoms with Gasteiger partial charge in [0.15, 0.2) is 14.9 Å². The second-order valence-corrected chi connectivity index (χ2v) is 10.3. The van der Waals surface area contributed by atoms with Crippen LogP contribution in [0.25, 0.3) is 0 Å². The summed E-state index contributed by atoms with van der Waals surface area (Å²) in [5, 5.41) is 13.3. The number of nitrogens with zero attached hydrogens (tertiary/aromatic N) is 2. The molecule has 0 spiro atoms. The number of para-hydroxylation sites is 1. The normalized spacial score (nSPS) is 16.1. The average molecular weight is 463 g/mol. The molecular formula is C22H30N4O3S2. The Hall–Kier alpha value is -2.20. The molecule has 0 bridgehead atoms. The van der Waals surface area contributed by atoms with Crippen LogP contribution in [0.3, 0.4) is 0 Å². The fourth-order valence-electron chi connectivity index (χ4n) is 3.85. The highest BCUT2D eigenvalue weighted by atomic mass is 32.2. The number of rotatable bonds is 8. The van der Waals surface area contributed by atoms with Gasteiger partial charge in [-0.3, -0.25) is 4.90 Å². The first-order valence-electron chi connectivity index (χ1n) is 10.3. The fourth-order valence-corrected chi connectivity index (χ4v) is 4.79. The third-order valence-corrected chi connectivity index (χ3v) is 6.75. The van der Waals surface area contributed by atoms with E-state index in [4.69, 9.17) is 18.0 Å². The first-order chi connectivity index (χ1) is 14.7. The average Bonchev–Trinajstić information content (AvgIpc) is 2.73. The molecule has 31 heavy (non-hydrogen) atoms. The number of hydrogen-bond donors (Lipinski definition) is 3. The van der Waals surface area contributed by atoms with Crippen molar-refractivity contribution in [1.29, 1.82) is 0 Å². The number of aliphatic hydroxyl groups excluding tert-OH is 1. The van der Waals surface area contributed by atoms with E-state index in [0.29, 0.717) is 17.7 Å². The van der Waals surface area contributed by atoms with Crippen molar-refractivity contribution in [2.45, 2.75) is 23.8 Å². The van der Waals surface area contributed by atoms with E-state index in [-0.39, 0.29) is 10.0 Å². The van der Waals surface area contributed by atoms with Gasteiger partial charge in [-0.05, 0) is 61.4 Å². The summed E-state index contributed by atoms with van der Waals surface area (Å²) >= 11 is 4.85. The molecule has 0 aromatic heterocycles. The number of nitrogens with one attached hydrogen (secondary N) is 1. The van der Waals surface area contributed by atoms with Gasteiger partial charge in [0.1, 0.15) is 0 Å². The van der Waals surface area contributed by atoms with Crippen molar-refractivity contribution in [3.05, 3.63) is 54.1 Å². The van der Waals surface area contributed by atoms with Gasteiger partial charge < -0.3 is 21.1 Å². The molecule has 2 aromatic rings. The number of nitrogens with two attached hydrogens (primary N) is 1. The molecule has 3 rings (SSSR count). The summed E-state index contributed by atoms with van der Waals surface area (Å²) in [5.41, 5.74) is 7.72. The van der Waals surface area contributed by atoms with Gasteiger partial charge in [-0.15, -0.1) is 0 Å². The molecule has 1 atom stereocenters. The maximum absolute atomic E-state index is 12.0. The number of thiocarbonyl (C=S) groups is 1. The van der Waals surface area contributed by atoms with Crippen LogP contribution < -0.4 is 16.0 Å². The number of aliphatic hydroxyl groups is 1. The van der Waals surface area contributed by atoms with Crippen LogP contribution in [0.4, 0.5) is 11.4 Å². The Morgan fingerprint density at radius 2 is 1.84 bits per heavy atom. The van der Waals surface area contributed by atoms with Gasteiger partial charge in [0.05, 0.1) is 16.7 Å². The molecule has 1 fully saturated rings. The molecule has 0 amide bonds. The highest BCUT2D eigenvalue weighted by Crippen LogP contribution is 2.28. The number of piperazine rings is 1. The largest absolute Gasteiger partial charge is 0.388 e. The summed E-state index contributed by atoms with van der Waals surface area (Å²) in [4.78, 5) is 4.91. The standard InChI is InChI=1S/C22H30N4O3S2/c1-31(28,29)21-10-9-17(16-19(21)24-22(23)30)20(27)8-5-11-25-12-14-26(15-13-25)18-6-3-2-4-7-18/h2-4,6-7,9-10,16,20,27H,5,8,11-15H2,1H3,(H3,23,24,30). The summed E-state index contributed by atoms with van der Waals surface area (Å²) in [7, 11) is -3.45. The quantitative estimate of drug-likeness (QED) is 0.515. The van der Waals surface area contributed by atoms with Crippen molar-refractivity contribution in [1.82, 2.24) is 4.90 Å². The van der Waals surface area contributed by atoms with E-state index in [1.165, 1.54) is 11.8 Å². The zero-order valence-electron chi connectivity index (χ0n) is 17.7. The van der Waals surface area contributed by atoms with Crippen LogP contribution in [0, 0.1) is 0 Å². The van der Waals surface area contributed by atoms with Gasteiger partial charge >= 0.3 is 0 Å². The molecule has 0 saturated carbocycles. The Kier molecular flexibility index (Phi) is 7.88. The molecule has 1 unspecified atom stereocenters. The summed E-state index contributed by atoms with van der Waals surface area (Å²) in [5.74, 6) is 0. The van der Waals surface area contributed by atoms with Gasteiger partial charge in [0, 0.05) is 38.1 Å². The van der Waals surface area contributed by atoms with E-state index >= 15 is 0 Å². The first kappa shape index (κ1) is 23.5. The van der Waals surface area contributed by atoms with E-state index in [1.807, 2.05) is 6.07 Å². The van der Waals surface area contributed by atoms with E-state index in [9.17, 15) is 13.5 Å². The van der Waals surface area contributed by atoms with Crippen LogP contribution in [-0.2, 0) is 9.84 Å². The van der Waals surface area contributed by atoms with Crippen molar-refractivity contribution >= 4 is 38.5 Å². The zero-order valence-corrected chi connectivity index (χ0v) is 19.3. The predicted octanol–water partition coefficient (Wildman–Crippen LogP) is 2.38. The fraction of sp³-hybridized carbons (Fsp3) is 0.409. The van der Waals surface area contributed by atoms with Gasteiger partial charge in [-0.1, -0.05) is 24.3 Å². The number of benzene rings is 2. The molecule has 168 valence electrons. The highest BCUT2D eigenvalue weighted by molar-refractivity contribution is 7.90. The van der Waals surface area contributed by atoms with Gasteiger partial charge in [0.25, 0.3) is 0 Å². The molecular weight excluding hydrogens is 432 g/mol.